The second-order valence-electron chi connectivity index (χ2n) is 14.7. The van der Waals surface area contributed by atoms with E-state index in [4.69, 9.17) is 0 Å². The van der Waals surface area contributed by atoms with E-state index < -0.39 is 23.9 Å². The third kappa shape index (κ3) is 3.60. The molecule has 34 heavy (non-hydrogen) atoms. The molecule has 0 aromatic heterocycles. The molecule has 11 atom stereocenters. The van der Waals surface area contributed by atoms with Gasteiger partial charge in [0.1, 0.15) is 0 Å². The molecule has 4 saturated carbocycles. The number of fused-ring (bicyclic) bond motifs is 5. The van der Waals surface area contributed by atoms with Gasteiger partial charge >= 0.3 is 0 Å². The summed E-state index contributed by atoms with van der Waals surface area (Å²) in [6, 6.07) is 0. The van der Waals surface area contributed by atoms with Crippen molar-refractivity contribution in [1.29, 1.82) is 0 Å². The molecule has 4 aliphatic carbocycles. The Hall–Kier alpha value is -0.420. The van der Waals surface area contributed by atoms with E-state index in [0.29, 0.717) is 5.92 Å². The molecular weight excluding hydrogens is 424 g/mol. The largest absolute Gasteiger partial charge is 0.393 e. The number of hydrogen-bond donors (Lipinski definition) is 4. The van der Waals surface area contributed by atoms with Crippen molar-refractivity contribution in [3.63, 3.8) is 0 Å². The zero-order valence-electron chi connectivity index (χ0n) is 23.1. The van der Waals surface area contributed by atoms with Crippen LogP contribution < -0.4 is 0 Å². The average molecular weight is 477 g/mol. The Morgan fingerprint density at radius 1 is 0.941 bits per heavy atom. The van der Waals surface area contributed by atoms with Gasteiger partial charge in [0.25, 0.3) is 0 Å². The molecule has 0 saturated heterocycles. The number of allylic oxidation sites excluding steroid dienone is 2. The fourth-order valence-electron chi connectivity index (χ4n) is 10.5. The van der Waals surface area contributed by atoms with Crippen LogP contribution >= 0.6 is 0 Å². The second-order valence-corrected chi connectivity index (χ2v) is 14.7. The van der Waals surface area contributed by atoms with Crippen molar-refractivity contribution in [1.82, 2.24) is 0 Å². The summed E-state index contributed by atoms with van der Waals surface area (Å²) >= 11 is 0. The topological polar surface area (TPSA) is 80.9 Å². The quantitative estimate of drug-likeness (QED) is 0.406. The van der Waals surface area contributed by atoms with Crippen molar-refractivity contribution in [3.8, 4) is 0 Å². The lowest BCUT2D eigenvalue weighted by Gasteiger charge is -2.71. The Morgan fingerprint density at radius 2 is 1.59 bits per heavy atom. The highest BCUT2D eigenvalue weighted by Crippen LogP contribution is 2.75. The monoisotopic (exact) mass is 476 g/mol. The van der Waals surface area contributed by atoms with E-state index >= 15 is 0 Å². The lowest BCUT2D eigenvalue weighted by atomic mass is 9.34. The van der Waals surface area contributed by atoms with Gasteiger partial charge in [-0.05, 0) is 117 Å². The Kier molecular flexibility index (Phi) is 6.50. The first-order valence-corrected chi connectivity index (χ1v) is 13.9. The molecular formula is C30H52O4. The fraction of sp³-hybridized carbons (Fsp3) is 0.933. The maximum absolute atomic E-state index is 11.8. The highest BCUT2D eigenvalue weighted by Gasteiger charge is 2.72. The van der Waals surface area contributed by atoms with Crippen LogP contribution in [0.4, 0.5) is 0 Å². The molecule has 0 heterocycles. The van der Waals surface area contributed by atoms with E-state index in [1.54, 1.807) is 0 Å². The first kappa shape index (κ1) is 26.6. The SMILES string of the molecule is CC(C)=CCC[C@@](C)(O)[C@H]1CC[C@@]2(C)[C@@H]1[C@H](O)C[C@@H]1[C@@]3(C)CC[C@H](O)C(C)(C)C3[C@@H](O)C[C@]12C. The Morgan fingerprint density at radius 3 is 2.21 bits per heavy atom. The van der Waals surface area contributed by atoms with Crippen LogP contribution in [-0.4, -0.2) is 44.3 Å². The van der Waals surface area contributed by atoms with Gasteiger partial charge in [0.2, 0.25) is 0 Å². The molecule has 0 aromatic carbocycles. The summed E-state index contributed by atoms with van der Waals surface area (Å²) in [5.74, 6) is 0.442. The summed E-state index contributed by atoms with van der Waals surface area (Å²) in [6.07, 6.45) is 7.54. The van der Waals surface area contributed by atoms with Crippen molar-refractivity contribution < 1.29 is 20.4 Å². The van der Waals surface area contributed by atoms with Gasteiger partial charge in [-0.2, -0.15) is 0 Å². The molecule has 4 heteroatoms. The van der Waals surface area contributed by atoms with Gasteiger partial charge in [0.15, 0.2) is 0 Å². The molecule has 0 amide bonds. The molecule has 0 radical (unpaired) electrons. The van der Waals surface area contributed by atoms with Crippen LogP contribution in [0.25, 0.3) is 0 Å². The van der Waals surface area contributed by atoms with Gasteiger partial charge in [-0.1, -0.05) is 46.3 Å². The van der Waals surface area contributed by atoms with Crippen LogP contribution in [0.1, 0.15) is 107 Å². The normalized spacial score (nSPS) is 51.6. The third-order valence-electron chi connectivity index (χ3n) is 12.3. The van der Waals surface area contributed by atoms with Crippen molar-refractivity contribution in [3.05, 3.63) is 11.6 Å². The van der Waals surface area contributed by atoms with Gasteiger partial charge in [-0.15, -0.1) is 0 Å². The first-order chi connectivity index (χ1) is 15.5. The third-order valence-corrected chi connectivity index (χ3v) is 12.3. The summed E-state index contributed by atoms with van der Waals surface area (Å²) < 4.78 is 0. The smallest absolute Gasteiger partial charge is 0.0654 e. The van der Waals surface area contributed by atoms with Crippen molar-refractivity contribution >= 4 is 0 Å². The molecule has 0 aliphatic heterocycles. The molecule has 1 unspecified atom stereocenters. The van der Waals surface area contributed by atoms with Crippen molar-refractivity contribution in [2.75, 3.05) is 0 Å². The number of aliphatic hydroxyl groups is 4. The molecule has 4 rings (SSSR count). The zero-order valence-corrected chi connectivity index (χ0v) is 23.1. The van der Waals surface area contributed by atoms with Crippen LogP contribution in [0.2, 0.25) is 0 Å². The van der Waals surface area contributed by atoms with Gasteiger partial charge in [0, 0.05) is 0 Å². The van der Waals surface area contributed by atoms with Crippen LogP contribution in [0.15, 0.2) is 11.6 Å². The highest BCUT2D eigenvalue weighted by atomic mass is 16.3. The predicted molar refractivity (Wildman–Crippen MR) is 137 cm³/mol. The maximum Gasteiger partial charge on any atom is 0.0654 e. The first-order valence-electron chi connectivity index (χ1n) is 13.9. The molecule has 4 aliphatic rings. The van der Waals surface area contributed by atoms with E-state index in [-0.39, 0.29) is 39.4 Å². The van der Waals surface area contributed by atoms with Crippen LogP contribution in [-0.2, 0) is 0 Å². The minimum Gasteiger partial charge on any atom is -0.393 e. The Bertz CT molecular complexity index is 813. The summed E-state index contributed by atoms with van der Waals surface area (Å²) in [6.45, 7) is 17.5. The number of aliphatic hydroxyl groups excluding tert-OH is 3. The number of rotatable bonds is 4. The standard InChI is InChI=1S/C30H52O4/c1-18(2)10-9-13-30(8,34)19-11-15-28(6)24(19)20(31)16-22-27(5)14-12-23(33)26(3,4)25(27)21(32)17-29(22,28)7/h10,19-25,31-34H,9,11-17H2,1-8H3/t19-,20+,21-,22+,23-,24-,25?,27+,28-,29+,30+/m0/s1. The summed E-state index contributed by atoms with van der Waals surface area (Å²) in [5, 5.41) is 46.0. The Labute approximate surface area is 208 Å². The zero-order chi connectivity index (χ0) is 25.5. The molecule has 0 aromatic rings. The van der Waals surface area contributed by atoms with Crippen LogP contribution in [0.5, 0.6) is 0 Å². The fourth-order valence-corrected chi connectivity index (χ4v) is 10.5. The molecule has 196 valence electrons. The van der Waals surface area contributed by atoms with E-state index in [2.05, 4.69) is 54.5 Å². The summed E-state index contributed by atoms with van der Waals surface area (Å²) in [7, 11) is 0. The van der Waals surface area contributed by atoms with Gasteiger partial charge in [0.05, 0.1) is 23.9 Å². The Balaban J connectivity index is 1.70. The maximum atomic E-state index is 11.8. The lowest BCUT2D eigenvalue weighted by molar-refractivity contribution is -0.274. The van der Waals surface area contributed by atoms with Crippen molar-refractivity contribution in [2.45, 2.75) is 131 Å². The van der Waals surface area contributed by atoms with Gasteiger partial charge in [-0.3, -0.25) is 0 Å². The molecule has 0 bridgehead atoms. The minimum atomic E-state index is -0.810. The summed E-state index contributed by atoms with van der Waals surface area (Å²) in [4.78, 5) is 0. The van der Waals surface area contributed by atoms with Crippen LogP contribution in [0, 0.1) is 45.3 Å². The van der Waals surface area contributed by atoms with E-state index in [9.17, 15) is 20.4 Å². The van der Waals surface area contributed by atoms with E-state index in [1.165, 1.54) is 5.57 Å². The average Bonchev–Trinajstić information content (AvgIpc) is 3.07. The lowest BCUT2D eigenvalue weighted by Crippen LogP contribution is -2.69. The van der Waals surface area contributed by atoms with E-state index in [0.717, 1.165) is 51.4 Å². The van der Waals surface area contributed by atoms with Gasteiger partial charge in [-0.25, -0.2) is 0 Å². The molecule has 4 nitrogen and oxygen atoms in total. The molecule has 4 N–H and O–H groups in total. The molecule has 0 spiro atoms. The molecule has 4 fully saturated rings. The van der Waals surface area contributed by atoms with Gasteiger partial charge < -0.3 is 20.4 Å². The van der Waals surface area contributed by atoms with Crippen LogP contribution in [0.3, 0.4) is 0 Å². The van der Waals surface area contributed by atoms with Crippen molar-refractivity contribution in [2.24, 2.45) is 45.3 Å². The highest BCUT2D eigenvalue weighted by molar-refractivity contribution is 5.21. The second kappa shape index (κ2) is 8.30. The van der Waals surface area contributed by atoms with E-state index in [1.807, 2.05) is 6.92 Å². The minimum absolute atomic E-state index is 0.0264. The number of hydrogen-bond acceptors (Lipinski definition) is 4. The summed E-state index contributed by atoms with van der Waals surface area (Å²) in [5.41, 5.74) is -0.230. The predicted octanol–water partition coefficient (Wildman–Crippen LogP) is 5.47.